The largest absolute Gasteiger partial charge is 0.353 e. The number of carbonyl (C=O) groups is 1. The first-order chi connectivity index (χ1) is 16.5. The van der Waals surface area contributed by atoms with Gasteiger partial charge in [-0.3, -0.25) is 9.69 Å². The van der Waals surface area contributed by atoms with Crippen LogP contribution in [0.3, 0.4) is 0 Å². The van der Waals surface area contributed by atoms with Crippen LogP contribution in [0.5, 0.6) is 0 Å². The van der Waals surface area contributed by atoms with Crippen LogP contribution in [0, 0.1) is 13.8 Å². The maximum Gasteiger partial charge on any atom is 0.239 e. The lowest BCUT2D eigenvalue weighted by molar-refractivity contribution is -0.126. The minimum absolute atomic E-state index is 0.0226. The number of nitrogens with zero attached hydrogens (tertiary/aromatic N) is 6. The van der Waals surface area contributed by atoms with Gasteiger partial charge < -0.3 is 10.2 Å². The number of benzene rings is 2. The molecule has 8 nitrogen and oxygen atoms in total. The van der Waals surface area contributed by atoms with Crippen molar-refractivity contribution in [2.45, 2.75) is 26.4 Å². The number of anilines is 1. The van der Waals surface area contributed by atoms with Crippen LogP contribution < -0.4 is 10.2 Å². The van der Waals surface area contributed by atoms with Crippen LogP contribution in [0.2, 0.25) is 0 Å². The molecule has 5 rings (SSSR count). The molecular formula is C26H29N7O. The van der Waals surface area contributed by atoms with Gasteiger partial charge in [-0.1, -0.05) is 47.5 Å². The molecule has 1 N–H and O–H groups in total. The first-order valence-electron chi connectivity index (χ1n) is 11.5. The van der Waals surface area contributed by atoms with Gasteiger partial charge in [0.1, 0.15) is 18.2 Å². The third kappa shape index (κ3) is 4.49. The zero-order valence-electron chi connectivity index (χ0n) is 19.8. The minimum Gasteiger partial charge on any atom is -0.353 e. The SMILES string of the molecule is Cc1ccc(-n2cc3c(N4CCN(C)C(C(=O)NCc5cccc(C)c5)C4)ncnc3n2)cc1. The number of amides is 1. The van der Waals surface area contributed by atoms with Crippen LogP contribution in [-0.4, -0.2) is 63.3 Å². The van der Waals surface area contributed by atoms with E-state index in [0.717, 1.165) is 35.5 Å². The highest BCUT2D eigenvalue weighted by atomic mass is 16.2. The van der Waals surface area contributed by atoms with E-state index in [0.29, 0.717) is 18.7 Å². The maximum atomic E-state index is 13.1. The summed E-state index contributed by atoms with van der Waals surface area (Å²) in [6.07, 6.45) is 3.52. The molecule has 0 spiro atoms. The highest BCUT2D eigenvalue weighted by Crippen LogP contribution is 2.25. The number of rotatable bonds is 5. The van der Waals surface area contributed by atoms with E-state index in [1.807, 2.05) is 42.2 Å². The Bertz CT molecular complexity index is 1310. The highest BCUT2D eigenvalue weighted by molar-refractivity contribution is 5.88. The minimum atomic E-state index is -0.268. The average molecular weight is 456 g/mol. The van der Waals surface area contributed by atoms with E-state index in [2.05, 4.69) is 68.3 Å². The number of hydrogen-bond donors (Lipinski definition) is 1. The Balaban J connectivity index is 1.35. The van der Waals surface area contributed by atoms with Gasteiger partial charge in [-0.2, -0.15) is 0 Å². The molecule has 174 valence electrons. The lowest BCUT2D eigenvalue weighted by Crippen LogP contribution is -2.57. The molecule has 2 aromatic heterocycles. The molecule has 0 saturated carbocycles. The third-order valence-electron chi connectivity index (χ3n) is 6.39. The Morgan fingerprint density at radius 3 is 2.68 bits per heavy atom. The van der Waals surface area contributed by atoms with Crippen molar-refractivity contribution in [1.29, 1.82) is 0 Å². The number of carbonyl (C=O) groups excluding carboxylic acids is 1. The second-order valence-corrected chi connectivity index (χ2v) is 8.99. The maximum absolute atomic E-state index is 13.1. The van der Waals surface area contributed by atoms with Crippen molar-refractivity contribution >= 4 is 22.8 Å². The van der Waals surface area contributed by atoms with Crippen molar-refractivity contribution in [3.8, 4) is 5.69 Å². The predicted octanol–water partition coefficient (Wildman–Crippen LogP) is 2.87. The lowest BCUT2D eigenvalue weighted by Gasteiger charge is -2.39. The number of likely N-dealkylation sites (N-methyl/N-ethyl adjacent to an activating group) is 1. The summed E-state index contributed by atoms with van der Waals surface area (Å²) in [5.74, 6) is 0.835. The molecule has 1 atom stereocenters. The predicted molar refractivity (Wildman–Crippen MR) is 133 cm³/mol. The highest BCUT2D eigenvalue weighted by Gasteiger charge is 2.31. The Labute approximate surface area is 199 Å². The van der Waals surface area contributed by atoms with Gasteiger partial charge in [-0.05, 0) is 38.6 Å². The van der Waals surface area contributed by atoms with Crippen molar-refractivity contribution in [1.82, 2.24) is 30.0 Å². The summed E-state index contributed by atoms with van der Waals surface area (Å²) in [6.45, 7) is 6.74. The molecule has 3 heterocycles. The first-order valence-corrected chi connectivity index (χ1v) is 11.5. The summed E-state index contributed by atoms with van der Waals surface area (Å²) in [5.41, 5.74) is 5.10. The van der Waals surface area contributed by atoms with Crippen LogP contribution in [0.4, 0.5) is 5.82 Å². The van der Waals surface area contributed by atoms with Gasteiger partial charge in [0.2, 0.25) is 5.91 Å². The molecule has 0 aliphatic carbocycles. The van der Waals surface area contributed by atoms with Gasteiger partial charge in [0.15, 0.2) is 5.65 Å². The molecule has 1 aliphatic rings. The Hall–Kier alpha value is -3.78. The van der Waals surface area contributed by atoms with Crippen molar-refractivity contribution in [3.63, 3.8) is 0 Å². The molecule has 8 heteroatoms. The van der Waals surface area contributed by atoms with Gasteiger partial charge in [0.25, 0.3) is 0 Å². The van der Waals surface area contributed by atoms with Crippen molar-refractivity contribution in [3.05, 3.63) is 77.7 Å². The number of aromatic nitrogens is 4. The second kappa shape index (κ2) is 9.23. The van der Waals surface area contributed by atoms with Crippen LogP contribution in [0.1, 0.15) is 16.7 Å². The molecule has 1 aliphatic heterocycles. The summed E-state index contributed by atoms with van der Waals surface area (Å²) in [4.78, 5) is 26.3. The number of hydrogen-bond acceptors (Lipinski definition) is 6. The molecule has 1 amide bonds. The van der Waals surface area contributed by atoms with Crippen molar-refractivity contribution in [2.24, 2.45) is 0 Å². The molecule has 1 fully saturated rings. The van der Waals surface area contributed by atoms with Gasteiger partial charge in [-0.25, -0.2) is 14.6 Å². The molecule has 2 aromatic carbocycles. The lowest BCUT2D eigenvalue weighted by atomic mass is 10.1. The van der Waals surface area contributed by atoms with Crippen LogP contribution in [0.15, 0.2) is 61.1 Å². The Morgan fingerprint density at radius 2 is 1.88 bits per heavy atom. The number of fused-ring (bicyclic) bond motifs is 1. The normalized spacial score (nSPS) is 16.7. The van der Waals surface area contributed by atoms with Gasteiger partial charge in [0, 0.05) is 32.4 Å². The number of aryl methyl sites for hydroxylation is 2. The number of nitrogens with one attached hydrogen (secondary N) is 1. The zero-order chi connectivity index (χ0) is 23.7. The Morgan fingerprint density at radius 1 is 1.06 bits per heavy atom. The zero-order valence-corrected chi connectivity index (χ0v) is 19.8. The van der Waals surface area contributed by atoms with E-state index in [1.165, 1.54) is 11.1 Å². The average Bonchev–Trinajstić information content (AvgIpc) is 3.28. The van der Waals surface area contributed by atoms with Crippen LogP contribution >= 0.6 is 0 Å². The summed E-state index contributed by atoms with van der Waals surface area (Å²) in [5, 5.41) is 8.65. The summed E-state index contributed by atoms with van der Waals surface area (Å²) >= 11 is 0. The van der Waals surface area contributed by atoms with E-state index in [1.54, 1.807) is 6.33 Å². The standard InChI is InChI=1S/C26H29N7O/c1-18-7-9-21(10-8-18)33-15-22-24(30-33)28-17-29-25(22)32-12-11-31(3)23(16-32)26(34)27-14-20-6-4-5-19(2)13-20/h4-10,13,15,17,23H,11-12,14,16H2,1-3H3,(H,27,34). The Kier molecular flexibility index (Phi) is 5.98. The summed E-state index contributed by atoms with van der Waals surface area (Å²) < 4.78 is 1.84. The van der Waals surface area contributed by atoms with Gasteiger partial charge in [0.05, 0.1) is 11.1 Å². The summed E-state index contributed by atoms with van der Waals surface area (Å²) in [7, 11) is 2.00. The molecule has 0 bridgehead atoms. The first kappa shape index (κ1) is 22.0. The van der Waals surface area contributed by atoms with Crippen LogP contribution in [-0.2, 0) is 11.3 Å². The van der Waals surface area contributed by atoms with Crippen molar-refractivity contribution < 1.29 is 4.79 Å². The summed E-state index contributed by atoms with van der Waals surface area (Å²) in [6, 6.07) is 16.1. The topological polar surface area (TPSA) is 79.2 Å². The fourth-order valence-corrected chi connectivity index (χ4v) is 4.39. The smallest absolute Gasteiger partial charge is 0.239 e. The van der Waals surface area contributed by atoms with E-state index in [4.69, 9.17) is 0 Å². The fraction of sp³-hybridized carbons (Fsp3) is 0.308. The fourth-order valence-electron chi connectivity index (χ4n) is 4.39. The van der Waals surface area contributed by atoms with Crippen LogP contribution in [0.25, 0.3) is 16.7 Å². The molecule has 1 unspecified atom stereocenters. The van der Waals surface area contributed by atoms with E-state index >= 15 is 0 Å². The molecule has 1 saturated heterocycles. The number of piperazine rings is 1. The molecular weight excluding hydrogens is 426 g/mol. The van der Waals surface area contributed by atoms with E-state index in [-0.39, 0.29) is 11.9 Å². The quantitative estimate of drug-likeness (QED) is 0.499. The van der Waals surface area contributed by atoms with E-state index < -0.39 is 0 Å². The molecule has 0 radical (unpaired) electrons. The van der Waals surface area contributed by atoms with Gasteiger partial charge >= 0.3 is 0 Å². The third-order valence-corrected chi connectivity index (χ3v) is 6.39. The molecule has 34 heavy (non-hydrogen) atoms. The van der Waals surface area contributed by atoms with Crippen molar-refractivity contribution in [2.75, 3.05) is 31.6 Å². The van der Waals surface area contributed by atoms with Gasteiger partial charge in [-0.15, -0.1) is 5.10 Å². The van der Waals surface area contributed by atoms with E-state index in [9.17, 15) is 4.79 Å². The monoisotopic (exact) mass is 455 g/mol. The second-order valence-electron chi connectivity index (χ2n) is 8.99. The molecule has 4 aromatic rings.